The highest BCUT2D eigenvalue weighted by atomic mass is 35.5. The highest BCUT2D eigenvalue weighted by Gasteiger charge is 2.24. The van der Waals surface area contributed by atoms with Crippen molar-refractivity contribution in [1.29, 1.82) is 0 Å². The molecule has 0 radical (unpaired) electrons. The molecule has 0 aliphatic heterocycles. The van der Waals surface area contributed by atoms with Gasteiger partial charge in [0.15, 0.2) is 0 Å². The van der Waals surface area contributed by atoms with Crippen molar-refractivity contribution in [3.8, 4) is 0 Å². The second kappa shape index (κ2) is 6.80. The smallest absolute Gasteiger partial charge is 0.405 e. The number of hydrogen-bond donors (Lipinski definition) is 3. The third-order valence-electron chi connectivity index (χ3n) is 3.01. The lowest BCUT2D eigenvalue weighted by atomic mass is 9.96. The van der Waals surface area contributed by atoms with Gasteiger partial charge in [0.1, 0.15) is 6.10 Å². The molecule has 2 rings (SSSR count). The molecule has 0 heterocycles. The van der Waals surface area contributed by atoms with Gasteiger partial charge in [0, 0.05) is 10.0 Å². The van der Waals surface area contributed by atoms with E-state index in [1.54, 1.807) is 48.5 Å². The minimum atomic E-state index is -1.23. The Labute approximate surface area is 131 Å². The Kier molecular flexibility index (Phi) is 5.07. The average molecular weight is 326 g/mol. The Morgan fingerprint density at radius 2 is 1.67 bits per heavy atom. The summed E-state index contributed by atoms with van der Waals surface area (Å²) in [7, 11) is 0. The molecule has 1 amide bonds. The number of nitrogens with one attached hydrogen (secondary N) is 1. The van der Waals surface area contributed by atoms with Crippen LogP contribution in [-0.4, -0.2) is 16.3 Å². The Morgan fingerprint density at radius 1 is 1.00 bits per heavy atom. The number of aliphatic hydroxyl groups excluding tert-OH is 1. The Bertz CT molecular complexity index is 631. The SMILES string of the molecule is O=C(O)N[C@@H](c1ccc(Cl)cc1)[C@@H](O)c1cccc(Cl)c1. The molecular weight excluding hydrogens is 313 g/mol. The molecule has 0 aliphatic rings. The molecule has 21 heavy (non-hydrogen) atoms. The lowest BCUT2D eigenvalue weighted by Crippen LogP contribution is -2.31. The van der Waals surface area contributed by atoms with Crippen molar-refractivity contribution < 1.29 is 15.0 Å². The Morgan fingerprint density at radius 3 is 2.24 bits per heavy atom. The Balaban J connectivity index is 2.35. The quantitative estimate of drug-likeness (QED) is 0.794. The topological polar surface area (TPSA) is 69.6 Å². The first-order valence-electron chi connectivity index (χ1n) is 6.16. The van der Waals surface area contributed by atoms with E-state index in [4.69, 9.17) is 28.3 Å². The number of benzene rings is 2. The van der Waals surface area contributed by atoms with E-state index in [2.05, 4.69) is 5.32 Å². The van der Waals surface area contributed by atoms with E-state index in [-0.39, 0.29) is 0 Å². The monoisotopic (exact) mass is 325 g/mol. The van der Waals surface area contributed by atoms with Gasteiger partial charge in [-0.2, -0.15) is 0 Å². The van der Waals surface area contributed by atoms with Crippen LogP contribution in [0.1, 0.15) is 23.3 Å². The maximum absolute atomic E-state index is 11.0. The fourth-order valence-electron chi connectivity index (χ4n) is 2.03. The minimum absolute atomic E-state index is 0.469. The molecule has 0 saturated heterocycles. The predicted molar refractivity (Wildman–Crippen MR) is 81.8 cm³/mol. The first-order chi connectivity index (χ1) is 9.97. The summed E-state index contributed by atoms with van der Waals surface area (Å²) in [5, 5.41) is 22.8. The summed E-state index contributed by atoms with van der Waals surface area (Å²) in [5.74, 6) is 0. The summed E-state index contributed by atoms with van der Waals surface area (Å²) in [4.78, 5) is 11.0. The van der Waals surface area contributed by atoms with Crippen LogP contribution in [0.5, 0.6) is 0 Å². The van der Waals surface area contributed by atoms with E-state index in [0.717, 1.165) is 0 Å². The summed E-state index contributed by atoms with van der Waals surface area (Å²) in [6.07, 6.45) is -2.29. The van der Waals surface area contributed by atoms with E-state index in [9.17, 15) is 9.90 Å². The van der Waals surface area contributed by atoms with Gasteiger partial charge in [-0.1, -0.05) is 47.5 Å². The van der Waals surface area contributed by atoms with E-state index in [0.29, 0.717) is 21.2 Å². The number of aliphatic hydroxyl groups is 1. The molecule has 0 aromatic heterocycles. The van der Waals surface area contributed by atoms with Crippen LogP contribution in [-0.2, 0) is 0 Å². The van der Waals surface area contributed by atoms with Crippen LogP contribution in [0.25, 0.3) is 0 Å². The van der Waals surface area contributed by atoms with Gasteiger partial charge in [0.05, 0.1) is 6.04 Å². The third kappa shape index (κ3) is 4.11. The van der Waals surface area contributed by atoms with Crippen LogP contribution < -0.4 is 5.32 Å². The predicted octanol–water partition coefficient (Wildman–Crippen LogP) is 4.04. The van der Waals surface area contributed by atoms with Crippen molar-refractivity contribution in [3.05, 3.63) is 69.7 Å². The molecule has 4 nitrogen and oxygen atoms in total. The maximum atomic E-state index is 11.0. The van der Waals surface area contributed by atoms with Crippen LogP contribution >= 0.6 is 23.2 Å². The van der Waals surface area contributed by atoms with Gasteiger partial charge in [-0.25, -0.2) is 4.79 Å². The summed E-state index contributed by atoms with van der Waals surface area (Å²) in [6.45, 7) is 0. The molecule has 110 valence electrons. The molecule has 3 N–H and O–H groups in total. The molecular formula is C15H13Cl2NO3. The summed E-state index contributed by atoms with van der Waals surface area (Å²) in [5.41, 5.74) is 1.13. The molecule has 0 fully saturated rings. The highest BCUT2D eigenvalue weighted by molar-refractivity contribution is 6.30. The normalized spacial score (nSPS) is 13.5. The van der Waals surface area contributed by atoms with Gasteiger partial charge in [-0.05, 0) is 35.4 Å². The van der Waals surface area contributed by atoms with Crippen LogP contribution in [0.15, 0.2) is 48.5 Å². The zero-order valence-electron chi connectivity index (χ0n) is 10.8. The number of rotatable bonds is 4. The van der Waals surface area contributed by atoms with E-state index in [1.807, 2.05) is 0 Å². The van der Waals surface area contributed by atoms with Crippen molar-refractivity contribution in [1.82, 2.24) is 5.32 Å². The zero-order chi connectivity index (χ0) is 15.4. The van der Waals surface area contributed by atoms with Crippen molar-refractivity contribution in [2.24, 2.45) is 0 Å². The molecule has 2 aromatic rings. The second-order valence-electron chi connectivity index (χ2n) is 4.48. The molecule has 0 aliphatic carbocycles. The maximum Gasteiger partial charge on any atom is 0.405 e. The largest absolute Gasteiger partial charge is 0.465 e. The molecule has 2 aromatic carbocycles. The van der Waals surface area contributed by atoms with Gasteiger partial charge in [-0.15, -0.1) is 0 Å². The number of carbonyl (C=O) groups is 1. The van der Waals surface area contributed by atoms with Crippen LogP contribution in [0, 0.1) is 0 Å². The van der Waals surface area contributed by atoms with Crippen LogP contribution in [0.2, 0.25) is 10.0 Å². The lowest BCUT2D eigenvalue weighted by Gasteiger charge is -2.24. The number of hydrogen-bond acceptors (Lipinski definition) is 2. The van der Waals surface area contributed by atoms with Crippen LogP contribution in [0.4, 0.5) is 4.79 Å². The number of carboxylic acid groups (broad SMARTS) is 1. The molecule has 0 unspecified atom stereocenters. The first kappa shape index (κ1) is 15.6. The van der Waals surface area contributed by atoms with Crippen LogP contribution in [0.3, 0.4) is 0 Å². The highest BCUT2D eigenvalue weighted by Crippen LogP contribution is 2.30. The minimum Gasteiger partial charge on any atom is -0.465 e. The molecule has 0 saturated carbocycles. The fraction of sp³-hybridized carbons (Fsp3) is 0.133. The van der Waals surface area contributed by atoms with Gasteiger partial charge in [0.2, 0.25) is 0 Å². The fourth-order valence-corrected chi connectivity index (χ4v) is 2.36. The second-order valence-corrected chi connectivity index (χ2v) is 5.35. The van der Waals surface area contributed by atoms with Crippen molar-refractivity contribution in [2.75, 3.05) is 0 Å². The standard InChI is InChI=1S/C15H13Cl2NO3/c16-11-6-4-9(5-7-11)13(18-15(20)21)14(19)10-2-1-3-12(17)8-10/h1-8,13-14,18-19H,(H,20,21)/t13-,14-/m0/s1. The van der Waals surface area contributed by atoms with Gasteiger partial charge in [-0.3, -0.25) is 0 Å². The molecule has 0 bridgehead atoms. The Hall–Kier alpha value is -1.75. The van der Waals surface area contributed by atoms with Gasteiger partial charge < -0.3 is 15.5 Å². The van der Waals surface area contributed by atoms with E-state index in [1.165, 1.54) is 0 Å². The first-order valence-corrected chi connectivity index (χ1v) is 6.91. The average Bonchev–Trinajstić information content (AvgIpc) is 2.45. The van der Waals surface area contributed by atoms with Crippen molar-refractivity contribution in [3.63, 3.8) is 0 Å². The van der Waals surface area contributed by atoms with Gasteiger partial charge in [0.25, 0.3) is 0 Å². The number of halogens is 2. The summed E-state index contributed by atoms with van der Waals surface area (Å²) < 4.78 is 0. The van der Waals surface area contributed by atoms with Gasteiger partial charge >= 0.3 is 6.09 Å². The molecule has 6 heteroatoms. The third-order valence-corrected chi connectivity index (χ3v) is 3.50. The number of amides is 1. The zero-order valence-corrected chi connectivity index (χ0v) is 12.3. The van der Waals surface area contributed by atoms with Crippen molar-refractivity contribution in [2.45, 2.75) is 12.1 Å². The lowest BCUT2D eigenvalue weighted by molar-refractivity contribution is 0.120. The molecule has 0 spiro atoms. The van der Waals surface area contributed by atoms with Crippen molar-refractivity contribution >= 4 is 29.3 Å². The summed E-state index contributed by atoms with van der Waals surface area (Å²) in [6, 6.07) is 12.4. The summed E-state index contributed by atoms with van der Waals surface area (Å²) >= 11 is 11.7. The molecule has 2 atom stereocenters. The van der Waals surface area contributed by atoms with E-state index < -0.39 is 18.2 Å². The van der Waals surface area contributed by atoms with E-state index >= 15 is 0 Å².